The van der Waals surface area contributed by atoms with Crippen LogP contribution in [-0.4, -0.2) is 19.8 Å². The molecule has 1 aromatic carbocycles. The number of fused-ring (bicyclic) bond motifs is 1. The summed E-state index contributed by atoms with van der Waals surface area (Å²) in [6.45, 7) is 4.47. The predicted molar refractivity (Wildman–Crippen MR) is 71.5 cm³/mol. The summed E-state index contributed by atoms with van der Waals surface area (Å²) in [4.78, 5) is 0. The summed E-state index contributed by atoms with van der Waals surface area (Å²) >= 11 is 0. The van der Waals surface area contributed by atoms with Gasteiger partial charge in [-0.15, -0.1) is 0 Å². The van der Waals surface area contributed by atoms with Crippen LogP contribution < -0.4 is 5.73 Å². The first-order valence-electron chi connectivity index (χ1n) is 6.50. The number of hydrogen-bond acceptors (Lipinski definition) is 3. The van der Waals surface area contributed by atoms with Gasteiger partial charge in [0, 0.05) is 16.4 Å². The van der Waals surface area contributed by atoms with E-state index in [0.717, 1.165) is 31.8 Å². The van der Waals surface area contributed by atoms with E-state index < -0.39 is 0 Å². The second-order valence-electron chi connectivity index (χ2n) is 5.46. The summed E-state index contributed by atoms with van der Waals surface area (Å²) in [5.41, 5.74) is 8.10. The maximum atomic E-state index is 5.76. The largest absolute Gasteiger partial charge is 0.464 e. The molecule has 1 saturated heterocycles. The first kappa shape index (κ1) is 11.8. The molecule has 1 aliphatic rings. The SMILES string of the molecule is CC(CN)CC1(c2coc3ccccc23)COC1. The Morgan fingerprint density at radius 3 is 2.78 bits per heavy atom. The van der Waals surface area contributed by atoms with Crippen LogP contribution in [0.15, 0.2) is 34.9 Å². The van der Waals surface area contributed by atoms with E-state index in [9.17, 15) is 0 Å². The van der Waals surface area contributed by atoms with Gasteiger partial charge in [-0.3, -0.25) is 0 Å². The van der Waals surface area contributed by atoms with Crippen LogP contribution in [0.5, 0.6) is 0 Å². The van der Waals surface area contributed by atoms with Gasteiger partial charge < -0.3 is 14.9 Å². The lowest BCUT2D eigenvalue weighted by Crippen LogP contribution is -2.48. The van der Waals surface area contributed by atoms with E-state index in [1.807, 2.05) is 18.4 Å². The zero-order valence-corrected chi connectivity index (χ0v) is 10.7. The Bertz CT molecular complexity index is 542. The minimum Gasteiger partial charge on any atom is -0.464 e. The molecule has 2 heterocycles. The maximum Gasteiger partial charge on any atom is 0.134 e. The number of rotatable bonds is 4. The minimum atomic E-state index is 0.103. The van der Waals surface area contributed by atoms with Crippen molar-refractivity contribution in [2.45, 2.75) is 18.8 Å². The van der Waals surface area contributed by atoms with Crippen molar-refractivity contribution in [3.05, 3.63) is 36.1 Å². The number of benzene rings is 1. The highest BCUT2D eigenvalue weighted by molar-refractivity contribution is 5.82. The summed E-state index contributed by atoms with van der Waals surface area (Å²) in [6, 6.07) is 8.20. The highest BCUT2D eigenvalue weighted by Gasteiger charge is 2.43. The smallest absolute Gasteiger partial charge is 0.134 e. The van der Waals surface area contributed by atoms with Crippen molar-refractivity contribution in [3.8, 4) is 0 Å². The summed E-state index contributed by atoms with van der Waals surface area (Å²) < 4.78 is 11.1. The van der Waals surface area contributed by atoms with E-state index in [4.69, 9.17) is 14.9 Å². The molecule has 2 N–H and O–H groups in total. The molecule has 18 heavy (non-hydrogen) atoms. The minimum absolute atomic E-state index is 0.103. The number of hydrogen-bond donors (Lipinski definition) is 1. The van der Waals surface area contributed by atoms with Gasteiger partial charge in [0.05, 0.1) is 19.5 Å². The zero-order valence-electron chi connectivity index (χ0n) is 10.7. The third-order valence-electron chi connectivity index (χ3n) is 3.95. The third-order valence-corrected chi connectivity index (χ3v) is 3.95. The molecule has 96 valence electrons. The standard InChI is InChI=1S/C15H19NO2/c1-11(7-16)6-15(9-17-10-15)13-8-18-14-5-3-2-4-12(13)14/h2-5,8,11H,6-7,9-10,16H2,1H3. The van der Waals surface area contributed by atoms with E-state index in [1.54, 1.807) is 0 Å². The molecular weight excluding hydrogens is 226 g/mol. The van der Waals surface area contributed by atoms with E-state index in [1.165, 1.54) is 10.9 Å². The number of nitrogens with two attached hydrogens (primary N) is 1. The Morgan fingerprint density at radius 2 is 2.11 bits per heavy atom. The highest BCUT2D eigenvalue weighted by atomic mass is 16.5. The molecule has 1 fully saturated rings. The maximum absolute atomic E-state index is 5.76. The third kappa shape index (κ3) is 1.74. The van der Waals surface area contributed by atoms with Gasteiger partial charge in [-0.2, -0.15) is 0 Å². The van der Waals surface area contributed by atoms with Crippen molar-refractivity contribution in [1.29, 1.82) is 0 Å². The molecule has 1 atom stereocenters. The average Bonchev–Trinajstić information content (AvgIpc) is 2.78. The second-order valence-corrected chi connectivity index (χ2v) is 5.46. The monoisotopic (exact) mass is 245 g/mol. The Kier molecular flexibility index (Phi) is 2.88. The molecule has 0 bridgehead atoms. The fourth-order valence-corrected chi connectivity index (χ4v) is 2.87. The zero-order chi connectivity index (χ0) is 12.6. The highest BCUT2D eigenvalue weighted by Crippen LogP contribution is 2.42. The fourth-order valence-electron chi connectivity index (χ4n) is 2.87. The van der Waals surface area contributed by atoms with Gasteiger partial charge in [0.15, 0.2) is 0 Å². The van der Waals surface area contributed by atoms with E-state index in [0.29, 0.717) is 5.92 Å². The molecule has 1 aliphatic heterocycles. The van der Waals surface area contributed by atoms with Gasteiger partial charge in [-0.05, 0) is 24.9 Å². The Balaban J connectivity index is 2.01. The van der Waals surface area contributed by atoms with Crippen LogP contribution in [0, 0.1) is 5.92 Å². The quantitative estimate of drug-likeness (QED) is 0.901. The van der Waals surface area contributed by atoms with Crippen LogP contribution in [0.1, 0.15) is 18.9 Å². The number of para-hydroxylation sites is 1. The van der Waals surface area contributed by atoms with Gasteiger partial charge >= 0.3 is 0 Å². The van der Waals surface area contributed by atoms with Crippen LogP contribution in [0.2, 0.25) is 0 Å². The van der Waals surface area contributed by atoms with E-state index in [2.05, 4.69) is 19.1 Å². The fraction of sp³-hybridized carbons (Fsp3) is 0.467. The molecular formula is C15H19NO2. The predicted octanol–water partition coefficient (Wildman–Crippen LogP) is 2.69. The molecule has 1 unspecified atom stereocenters. The molecule has 3 rings (SSSR count). The molecule has 0 spiro atoms. The van der Waals surface area contributed by atoms with Crippen LogP contribution in [0.3, 0.4) is 0 Å². The van der Waals surface area contributed by atoms with Crippen molar-refractivity contribution in [2.24, 2.45) is 11.7 Å². The van der Waals surface area contributed by atoms with Gasteiger partial charge in [-0.1, -0.05) is 25.1 Å². The molecule has 1 aromatic heterocycles. The van der Waals surface area contributed by atoms with Crippen molar-refractivity contribution < 1.29 is 9.15 Å². The molecule has 0 saturated carbocycles. The summed E-state index contributed by atoms with van der Waals surface area (Å²) in [5.74, 6) is 0.502. The van der Waals surface area contributed by atoms with Crippen LogP contribution >= 0.6 is 0 Å². The molecule has 3 heteroatoms. The Morgan fingerprint density at radius 1 is 1.33 bits per heavy atom. The lowest BCUT2D eigenvalue weighted by molar-refractivity contribution is -0.0697. The van der Waals surface area contributed by atoms with E-state index >= 15 is 0 Å². The van der Waals surface area contributed by atoms with Gasteiger partial charge in [0.25, 0.3) is 0 Å². The summed E-state index contributed by atoms with van der Waals surface area (Å²) in [6.07, 6.45) is 2.96. The Hall–Kier alpha value is -1.32. The van der Waals surface area contributed by atoms with Crippen molar-refractivity contribution in [2.75, 3.05) is 19.8 Å². The number of furan rings is 1. The molecule has 0 aliphatic carbocycles. The van der Waals surface area contributed by atoms with Crippen LogP contribution in [0.25, 0.3) is 11.0 Å². The first-order valence-corrected chi connectivity index (χ1v) is 6.50. The van der Waals surface area contributed by atoms with Crippen molar-refractivity contribution >= 4 is 11.0 Å². The molecule has 3 nitrogen and oxygen atoms in total. The van der Waals surface area contributed by atoms with Gasteiger partial charge in [-0.25, -0.2) is 0 Å². The lowest BCUT2D eigenvalue weighted by Gasteiger charge is -2.42. The van der Waals surface area contributed by atoms with Gasteiger partial charge in [0.1, 0.15) is 5.58 Å². The van der Waals surface area contributed by atoms with Crippen molar-refractivity contribution in [1.82, 2.24) is 0 Å². The van der Waals surface area contributed by atoms with Crippen LogP contribution in [0.4, 0.5) is 0 Å². The molecule has 0 amide bonds. The molecule has 2 aromatic rings. The lowest BCUT2D eigenvalue weighted by atomic mass is 9.72. The summed E-state index contributed by atoms with van der Waals surface area (Å²) in [5, 5.41) is 1.21. The normalized spacial score (nSPS) is 19.7. The average molecular weight is 245 g/mol. The molecule has 0 radical (unpaired) electrons. The number of ether oxygens (including phenoxy) is 1. The van der Waals surface area contributed by atoms with Crippen molar-refractivity contribution in [3.63, 3.8) is 0 Å². The topological polar surface area (TPSA) is 48.4 Å². The Labute approximate surface area is 107 Å². The van der Waals surface area contributed by atoms with Crippen LogP contribution in [-0.2, 0) is 10.2 Å². The summed E-state index contributed by atoms with van der Waals surface area (Å²) in [7, 11) is 0. The van der Waals surface area contributed by atoms with Gasteiger partial charge in [0.2, 0.25) is 0 Å². The second kappa shape index (κ2) is 4.41. The first-order chi connectivity index (χ1) is 8.75. The van der Waals surface area contributed by atoms with E-state index in [-0.39, 0.29) is 5.41 Å².